The molecule has 0 fully saturated rings. The summed E-state index contributed by atoms with van der Waals surface area (Å²) in [5.41, 5.74) is 1.58. The molecule has 4 nitrogen and oxygen atoms in total. The fourth-order valence-electron chi connectivity index (χ4n) is 1.91. The normalized spacial score (nSPS) is 10.6. The zero-order chi connectivity index (χ0) is 14.7. The first kappa shape index (κ1) is 13.3. The van der Waals surface area contributed by atoms with E-state index in [0.717, 1.165) is 11.3 Å². The Hall–Kier alpha value is -2.69. The van der Waals surface area contributed by atoms with Crippen LogP contribution in [0, 0.1) is 12.7 Å². The van der Waals surface area contributed by atoms with Gasteiger partial charge in [-0.15, -0.1) is 10.2 Å². The van der Waals surface area contributed by atoms with E-state index in [0.29, 0.717) is 11.5 Å². The van der Waals surface area contributed by atoms with E-state index in [9.17, 15) is 4.39 Å². The summed E-state index contributed by atoms with van der Waals surface area (Å²) in [5, 5.41) is 7.80. The average molecular weight is 284 g/mol. The van der Waals surface area contributed by atoms with Crippen molar-refractivity contribution in [1.82, 2.24) is 10.2 Å². The highest BCUT2D eigenvalue weighted by molar-refractivity contribution is 5.52. The summed E-state index contributed by atoms with van der Waals surface area (Å²) in [6.07, 6.45) is 0. The standard InChI is InChI=1S/C16H13FN2O2/c1-11-5-2-3-8-14(11)20-10-15-18-19-16(21-15)12-6-4-7-13(17)9-12/h2-9H,10H2,1H3. The van der Waals surface area contributed by atoms with Crippen molar-refractivity contribution < 1.29 is 13.5 Å². The molecule has 2 aromatic carbocycles. The first-order valence-electron chi connectivity index (χ1n) is 6.49. The first-order valence-corrected chi connectivity index (χ1v) is 6.49. The van der Waals surface area contributed by atoms with Gasteiger partial charge in [0.1, 0.15) is 11.6 Å². The number of para-hydroxylation sites is 1. The zero-order valence-corrected chi connectivity index (χ0v) is 11.4. The third-order valence-corrected chi connectivity index (χ3v) is 2.98. The molecule has 0 aliphatic rings. The van der Waals surface area contributed by atoms with Crippen LogP contribution >= 0.6 is 0 Å². The summed E-state index contributed by atoms with van der Waals surface area (Å²) in [6.45, 7) is 2.13. The maximum absolute atomic E-state index is 13.2. The van der Waals surface area contributed by atoms with Gasteiger partial charge in [0.15, 0.2) is 6.61 Å². The van der Waals surface area contributed by atoms with Gasteiger partial charge in [0.05, 0.1) is 0 Å². The Balaban J connectivity index is 1.72. The van der Waals surface area contributed by atoms with Gasteiger partial charge in [-0.1, -0.05) is 24.3 Å². The maximum atomic E-state index is 13.2. The largest absolute Gasteiger partial charge is 0.484 e. The Morgan fingerprint density at radius 3 is 2.76 bits per heavy atom. The lowest BCUT2D eigenvalue weighted by atomic mass is 10.2. The van der Waals surface area contributed by atoms with Crippen molar-refractivity contribution in [3.8, 4) is 17.2 Å². The lowest BCUT2D eigenvalue weighted by Gasteiger charge is -2.05. The van der Waals surface area contributed by atoms with E-state index in [1.807, 2.05) is 31.2 Å². The molecule has 5 heteroatoms. The van der Waals surface area contributed by atoms with Gasteiger partial charge in [-0.3, -0.25) is 0 Å². The number of rotatable bonds is 4. The predicted octanol–water partition coefficient (Wildman–Crippen LogP) is 3.76. The number of aromatic nitrogens is 2. The number of benzene rings is 2. The van der Waals surface area contributed by atoms with E-state index in [1.54, 1.807) is 12.1 Å². The Morgan fingerprint density at radius 1 is 1.10 bits per heavy atom. The molecule has 3 aromatic rings. The predicted molar refractivity (Wildman–Crippen MR) is 75.2 cm³/mol. The molecule has 0 saturated heterocycles. The van der Waals surface area contributed by atoms with Crippen LogP contribution in [0.3, 0.4) is 0 Å². The van der Waals surface area contributed by atoms with Crippen molar-refractivity contribution in [2.45, 2.75) is 13.5 Å². The zero-order valence-electron chi connectivity index (χ0n) is 11.4. The Bertz CT molecular complexity index is 755. The molecule has 106 valence electrons. The Labute approximate surface area is 121 Å². The van der Waals surface area contributed by atoms with Crippen molar-refractivity contribution in [1.29, 1.82) is 0 Å². The smallest absolute Gasteiger partial charge is 0.254 e. The molecule has 0 N–H and O–H groups in total. The SMILES string of the molecule is Cc1ccccc1OCc1nnc(-c2cccc(F)c2)o1. The summed E-state index contributed by atoms with van der Waals surface area (Å²) in [6, 6.07) is 13.7. The van der Waals surface area contributed by atoms with E-state index in [4.69, 9.17) is 9.15 Å². The molecule has 3 rings (SSSR count). The fourth-order valence-corrected chi connectivity index (χ4v) is 1.91. The number of nitrogens with zero attached hydrogens (tertiary/aromatic N) is 2. The van der Waals surface area contributed by atoms with E-state index in [2.05, 4.69) is 10.2 Å². The van der Waals surface area contributed by atoms with Crippen molar-refractivity contribution >= 4 is 0 Å². The summed E-state index contributed by atoms with van der Waals surface area (Å²) in [7, 11) is 0. The molecule has 0 spiro atoms. The van der Waals surface area contributed by atoms with Gasteiger partial charge >= 0.3 is 0 Å². The van der Waals surface area contributed by atoms with Crippen LogP contribution in [0.1, 0.15) is 11.5 Å². The van der Waals surface area contributed by atoms with Crippen LogP contribution < -0.4 is 4.74 Å². The van der Waals surface area contributed by atoms with Crippen LogP contribution in [0.4, 0.5) is 4.39 Å². The molecule has 0 atom stereocenters. The van der Waals surface area contributed by atoms with Gasteiger partial charge < -0.3 is 9.15 Å². The van der Waals surface area contributed by atoms with Gasteiger partial charge in [-0.25, -0.2) is 4.39 Å². The topological polar surface area (TPSA) is 48.2 Å². The van der Waals surface area contributed by atoms with Crippen LogP contribution in [-0.2, 0) is 6.61 Å². The van der Waals surface area contributed by atoms with Gasteiger partial charge in [-0.2, -0.15) is 0 Å². The Kier molecular flexibility index (Phi) is 3.64. The second-order valence-corrected chi connectivity index (χ2v) is 4.57. The molecule has 0 aliphatic heterocycles. The molecule has 0 bridgehead atoms. The van der Waals surface area contributed by atoms with E-state index in [1.165, 1.54) is 12.1 Å². The summed E-state index contributed by atoms with van der Waals surface area (Å²) < 4.78 is 24.3. The lowest BCUT2D eigenvalue weighted by molar-refractivity contribution is 0.263. The molecule has 0 amide bonds. The highest BCUT2D eigenvalue weighted by Gasteiger charge is 2.10. The number of hydrogen-bond acceptors (Lipinski definition) is 4. The summed E-state index contributed by atoms with van der Waals surface area (Å²) in [5.74, 6) is 1.04. The number of aryl methyl sites for hydroxylation is 1. The van der Waals surface area contributed by atoms with Crippen molar-refractivity contribution in [2.24, 2.45) is 0 Å². The van der Waals surface area contributed by atoms with E-state index >= 15 is 0 Å². The van der Waals surface area contributed by atoms with Crippen LogP contribution in [0.2, 0.25) is 0 Å². The van der Waals surface area contributed by atoms with Crippen LogP contribution in [-0.4, -0.2) is 10.2 Å². The van der Waals surface area contributed by atoms with Gasteiger partial charge in [0.25, 0.3) is 5.89 Å². The minimum absolute atomic E-state index is 0.174. The molecule has 21 heavy (non-hydrogen) atoms. The van der Waals surface area contributed by atoms with Crippen LogP contribution in [0.15, 0.2) is 52.9 Å². The minimum Gasteiger partial charge on any atom is -0.484 e. The molecular formula is C16H13FN2O2. The molecule has 1 aromatic heterocycles. The van der Waals surface area contributed by atoms with Crippen molar-refractivity contribution in [3.63, 3.8) is 0 Å². The molecule has 0 saturated carbocycles. The third-order valence-electron chi connectivity index (χ3n) is 2.98. The monoisotopic (exact) mass is 284 g/mol. The minimum atomic E-state index is -0.344. The van der Waals surface area contributed by atoms with Crippen molar-refractivity contribution in [3.05, 3.63) is 65.8 Å². The number of hydrogen-bond donors (Lipinski definition) is 0. The average Bonchev–Trinajstić information content (AvgIpc) is 2.95. The molecule has 0 radical (unpaired) electrons. The third kappa shape index (κ3) is 3.08. The van der Waals surface area contributed by atoms with Crippen molar-refractivity contribution in [2.75, 3.05) is 0 Å². The van der Waals surface area contributed by atoms with Gasteiger partial charge in [-0.05, 0) is 36.8 Å². The molecule has 0 aliphatic carbocycles. The van der Waals surface area contributed by atoms with Gasteiger partial charge in [0.2, 0.25) is 5.89 Å². The molecular weight excluding hydrogens is 271 g/mol. The summed E-state index contributed by atoms with van der Waals surface area (Å²) >= 11 is 0. The highest BCUT2D eigenvalue weighted by Crippen LogP contribution is 2.21. The second-order valence-electron chi connectivity index (χ2n) is 4.57. The molecule has 1 heterocycles. The molecule has 0 unspecified atom stereocenters. The lowest BCUT2D eigenvalue weighted by Crippen LogP contribution is -1.97. The van der Waals surface area contributed by atoms with Crippen LogP contribution in [0.25, 0.3) is 11.5 Å². The van der Waals surface area contributed by atoms with Gasteiger partial charge in [0, 0.05) is 5.56 Å². The first-order chi connectivity index (χ1) is 10.2. The maximum Gasteiger partial charge on any atom is 0.254 e. The van der Waals surface area contributed by atoms with E-state index in [-0.39, 0.29) is 18.3 Å². The van der Waals surface area contributed by atoms with Crippen LogP contribution in [0.5, 0.6) is 5.75 Å². The summed E-state index contributed by atoms with van der Waals surface area (Å²) in [4.78, 5) is 0. The number of halogens is 1. The second kappa shape index (κ2) is 5.75. The van der Waals surface area contributed by atoms with E-state index < -0.39 is 0 Å². The number of ether oxygens (including phenoxy) is 1. The quantitative estimate of drug-likeness (QED) is 0.732. The highest BCUT2D eigenvalue weighted by atomic mass is 19.1. The fraction of sp³-hybridized carbons (Fsp3) is 0.125. The Morgan fingerprint density at radius 2 is 1.95 bits per heavy atom.